The molecule has 0 aliphatic carbocycles. The Morgan fingerprint density at radius 1 is 1.50 bits per heavy atom. The Labute approximate surface area is 124 Å². The van der Waals surface area contributed by atoms with Gasteiger partial charge in [0.25, 0.3) is 0 Å². The third-order valence-electron chi connectivity index (χ3n) is 2.88. The van der Waals surface area contributed by atoms with Gasteiger partial charge in [-0.3, -0.25) is 9.59 Å². The molecule has 2 amide bonds. The molecule has 6 heteroatoms. The molecule has 1 aliphatic rings. The van der Waals surface area contributed by atoms with Gasteiger partial charge in [0.1, 0.15) is 0 Å². The molecule has 5 nitrogen and oxygen atoms in total. The molecule has 1 N–H and O–H groups in total. The Morgan fingerprint density at radius 2 is 2.25 bits per heavy atom. The average molecular weight is 297 g/mol. The quantitative estimate of drug-likeness (QED) is 0.901. The summed E-state index contributed by atoms with van der Waals surface area (Å²) in [7, 11) is 0. The summed E-state index contributed by atoms with van der Waals surface area (Å²) in [5.74, 6) is 0.159. The van der Waals surface area contributed by atoms with Crippen molar-refractivity contribution in [3.8, 4) is 0 Å². The lowest BCUT2D eigenvalue weighted by atomic mass is 10.3. The topological polar surface area (TPSA) is 62.3 Å². The summed E-state index contributed by atoms with van der Waals surface area (Å²) in [6.45, 7) is 7.87. The molecule has 0 saturated carbocycles. The summed E-state index contributed by atoms with van der Waals surface area (Å²) in [4.78, 5) is 29.0. The first-order valence-electron chi connectivity index (χ1n) is 7.10. The summed E-state index contributed by atoms with van der Waals surface area (Å²) in [6.07, 6.45) is 1.90. The Balaban J connectivity index is 0.000000956. The number of carbonyl (C=O) groups excluding carboxylic acids is 2. The second kappa shape index (κ2) is 8.68. The van der Waals surface area contributed by atoms with Crippen molar-refractivity contribution in [2.24, 2.45) is 0 Å². The van der Waals surface area contributed by atoms with Gasteiger partial charge in [0, 0.05) is 31.4 Å². The van der Waals surface area contributed by atoms with Crippen LogP contribution in [0, 0.1) is 6.92 Å². The van der Waals surface area contributed by atoms with E-state index in [0.29, 0.717) is 25.9 Å². The highest BCUT2D eigenvalue weighted by Gasteiger charge is 2.19. The SMILES string of the molecule is CC.Cc1nc(CC(=O)NCCN2CCCC2=O)cs1. The number of amides is 2. The van der Waals surface area contributed by atoms with Crippen LogP contribution in [0.15, 0.2) is 5.38 Å². The minimum absolute atomic E-state index is 0.0352. The van der Waals surface area contributed by atoms with Crippen LogP contribution in [-0.4, -0.2) is 41.3 Å². The van der Waals surface area contributed by atoms with Crippen LogP contribution in [-0.2, 0) is 16.0 Å². The van der Waals surface area contributed by atoms with Gasteiger partial charge >= 0.3 is 0 Å². The molecule has 1 aliphatic heterocycles. The first kappa shape index (κ1) is 16.6. The molecule has 0 aromatic carbocycles. The number of aryl methyl sites for hydroxylation is 1. The number of hydrogen-bond donors (Lipinski definition) is 1. The van der Waals surface area contributed by atoms with E-state index in [0.717, 1.165) is 23.7 Å². The molecule has 0 radical (unpaired) electrons. The molecule has 0 atom stereocenters. The Bertz CT molecular complexity index is 445. The number of thiazole rings is 1. The third-order valence-corrected chi connectivity index (χ3v) is 3.71. The zero-order valence-corrected chi connectivity index (χ0v) is 13.3. The van der Waals surface area contributed by atoms with Crippen molar-refractivity contribution in [1.82, 2.24) is 15.2 Å². The van der Waals surface area contributed by atoms with Crippen LogP contribution in [0.1, 0.15) is 37.4 Å². The van der Waals surface area contributed by atoms with Crippen molar-refractivity contribution in [1.29, 1.82) is 0 Å². The number of likely N-dealkylation sites (tertiary alicyclic amines) is 1. The van der Waals surface area contributed by atoms with Gasteiger partial charge in [-0.2, -0.15) is 0 Å². The van der Waals surface area contributed by atoms with E-state index in [4.69, 9.17) is 0 Å². The van der Waals surface area contributed by atoms with Crippen molar-refractivity contribution in [2.75, 3.05) is 19.6 Å². The van der Waals surface area contributed by atoms with Gasteiger partial charge in [-0.15, -0.1) is 11.3 Å². The molecule has 0 bridgehead atoms. The fourth-order valence-corrected chi connectivity index (χ4v) is 2.60. The molecule has 112 valence electrons. The van der Waals surface area contributed by atoms with Crippen molar-refractivity contribution >= 4 is 23.2 Å². The molecule has 1 aromatic heterocycles. The average Bonchev–Trinajstić information content (AvgIpc) is 3.02. The summed E-state index contributed by atoms with van der Waals surface area (Å²) in [6, 6.07) is 0. The third kappa shape index (κ3) is 5.28. The second-order valence-corrected chi connectivity index (χ2v) is 5.43. The number of aromatic nitrogens is 1. The van der Waals surface area contributed by atoms with Crippen LogP contribution >= 0.6 is 11.3 Å². The summed E-state index contributed by atoms with van der Waals surface area (Å²) in [5, 5.41) is 5.69. The van der Waals surface area contributed by atoms with Crippen LogP contribution in [0.25, 0.3) is 0 Å². The minimum Gasteiger partial charge on any atom is -0.354 e. The second-order valence-electron chi connectivity index (χ2n) is 4.37. The highest BCUT2D eigenvalue weighted by Crippen LogP contribution is 2.09. The van der Waals surface area contributed by atoms with Gasteiger partial charge in [0.15, 0.2) is 0 Å². The molecule has 0 spiro atoms. The molecule has 1 saturated heterocycles. The number of hydrogen-bond acceptors (Lipinski definition) is 4. The maximum Gasteiger partial charge on any atom is 0.226 e. The molecule has 2 heterocycles. The van der Waals surface area contributed by atoms with Crippen molar-refractivity contribution in [3.05, 3.63) is 16.1 Å². The highest BCUT2D eigenvalue weighted by molar-refractivity contribution is 7.09. The van der Waals surface area contributed by atoms with Crippen LogP contribution in [0.2, 0.25) is 0 Å². The zero-order valence-electron chi connectivity index (χ0n) is 12.4. The number of nitrogens with one attached hydrogen (secondary N) is 1. The van der Waals surface area contributed by atoms with Crippen LogP contribution < -0.4 is 5.32 Å². The van der Waals surface area contributed by atoms with Gasteiger partial charge in [0.2, 0.25) is 11.8 Å². The predicted molar refractivity (Wildman–Crippen MR) is 80.7 cm³/mol. The lowest BCUT2D eigenvalue weighted by Crippen LogP contribution is -2.36. The minimum atomic E-state index is -0.0352. The lowest BCUT2D eigenvalue weighted by Gasteiger charge is -2.15. The van der Waals surface area contributed by atoms with E-state index in [1.54, 1.807) is 16.2 Å². The van der Waals surface area contributed by atoms with E-state index in [-0.39, 0.29) is 11.8 Å². The molecule has 20 heavy (non-hydrogen) atoms. The van der Waals surface area contributed by atoms with E-state index in [1.165, 1.54) is 0 Å². The van der Waals surface area contributed by atoms with E-state index >= 15 is 0 Å². The monoisotopic (exact) mass is 297 g/mol. The van der Waals surface area contributed by atoms with E-state index < -0.39 is 0 Å². The van der Waals surface area contributed by atoms with Crippen molar-refractivity contribution < 1.29 is 9.59 Å². The summed E-state index contributed by atoms with van der Waals surface area (Å²) >= 11 is 1.55. The van der Waals surface area contributed by atoms with Gasteiger partial charge in [-0.1, -0.05) is 13.8 Å². The van der Waals surface area contributed by atoms with Gasteiger partial charge in [0.05, 0.1) is 17.1 Å². The Morgan fingerprint density at radius 3 is 2.80 bits per heavy atom. The fourth-order valence-electron chi connectivity index (χ4n) is 1.99. The Hall–Kier alpha value is -1.43. The number of nitrogens with zero attached hydrogens (tertiary/aromatic N) is 2. The van der Waals surface area contributed by atoms with Crippen molar-refractivity contribution in [2.45, 2.75) is 40.0 Å². The molecular weight excluding hydrogens is 274 g/mol. The summed E-state index contributed by atoms with van der Waals surface area (Å²) < 4.78 is 0. The fraction of sp³-hybridized carbons (Fsp3) is 0.643. The van der Waals surface area contributed by atoms with Gasteiger partial charge in [-0.05, 0) is 13.3 Å². The number of carbonyl (C=O) groups is 2. The van der Waals surface area contributed by atoms with Crippen molar-refractivity contribution in [3.63, 3.8) is 0 Å². The maximum atomic E-state index is 11.6. The van der Waals surface area contributed by atoms with E-state index in [9.17, 15) is 9.59 Å². The van der Waals surface area contributed by atoms with E-state index in [1.807, 2.05) is 26.2 Å². The maximum absolute atomic E-state index is 11.6. The standard InChI is InChI=1S/C12H17N3O2S.C2H6/c1-9-14-10(8-18-9)7-11(16)13-4-6-15-5-2-3-12(15)17;1-2/h8H,2-7H2,1H3,(H,13,16);1-2H3. The molecular formula is C14H23N3O2S. The Kier molecular flexibility index (Phi) is 7.22. The largest absolute Gasteiger partial charge is 0.354 e. The molecule has 2 rings (SSSR count). The zero-order chi connectivity index (χ0) is 15.0. The summed E-state index contributed by atoms with van der Waals surface area (Å²) in [5.41, 5.74) is 0.812. The van der Waals surface area contributed by atoms with Crippen LogP contribution in [0.5, 0.6) is 0 Å². The first-order chi connectivity index (χ1) is 9.65. The number of rotatable bonds is 5. The predicted octanol–water partition coefficient (Wildman–Crippen LogP) is 1.76. The smallest absolute Gasteiger partial charge is 0.226 e. The lowest BCUT2D eigenvalue weighted by molar-refractivity contribution is -0.128. The van der Waals surface area contributed by atoms with Crippen LogP contribution in [0.4, 0.5) is 0 Å². The molecule has 1 fully saturated rings. The van der Waals surface area contributed by atoms with Gasteiger partial charge < -0.3 is 10.2 Å². The molecule has 0 unspecified atom stereocenters. The van der Waals surface area contributed by atoms with Crippen LogP contribution in [0.3, 0.4) is 0 Å². The van der Waals surface area contributed by atoms with Gasteiger partial charge in [-0.25, -0.2) is 4.98 Å². The first-order valence-corrected chi connectivity index (χ1v) is 7.98. The molecule has 1 aromatic rings. The normalized spacial score (nSPS) is 13.9. The van der Waals surface area contributed by atoms with E-state index in [2.05, 4.69) is 10.3 Å². The highest BCUT2D eigenvalue weighted by atomic mass is 32.1.